The van der Waals surface area contributed by atoms with Crippen molar-refractivity contribution in [2.45, 2.75) is 81.7 Å². The first kappa shape index (κ1) is 35.7. The predicted molar refractivity (Wildman–Crippen MR) is 188 cm³/mol. The van der Waals surface area contributed by atoms with Gasteiger partial charge in [0.05, 0.1) is 41.8 Å². The molecule has 0 bridgehead atoms. The first-order chi connectivity index (χ1) is 23.7. The third-order valence-electron chi connectivity index (χ3n) is 8.97. The van der Waals surface area contributed by atoms with Gasteiger partial charge in [0.2, 0.25) is 0 Å². The summed E-state index contributed by atoms with van der Waals surface area (Å²) in [5.74, 6) is 0.0501. The smallest absolute Gasteiger partial charge is 0.407 e. The molecule has 15 heteroatoms. The normalized spacial score (nSPS) is 18.8. The summed E-state index contributed by atoms with van der Waals surface area (Å²) in [4.78, 5) is 40.9. The number of anilines is 1. The van der Waals surface area contributed by atoms with Gasteiger partial charge in [-0.2, -0.15) is 0 Å². The summed E-state index contributed by atoms with van der Waals surface area (Å²) in [6.07, 6.45) is 4.69. The quantitative estimate of drug-likeness (QED) is 0.192. The van der Waals surface area contributed by atoms with Crippen LogP contribution in [-0.4, -0.2) is 85.7 Å². The third kappa shape index (κ3) is 7.63. The van der Waals surface area contributed by atoms with E-state index in [0.29, 0.717) is 64.0 Å². The van der Waals surface area contributed by atoms with Crippen LogP contribution in [0.3, 0.4) is 0 Å². The average molecular weight is 725 g/mol. The highest BCUT2D eigenvalue weighted by Crippen LogP contribution is 2.44. The van der Waals surface area contributed by atoms with Crippen molar-refractivity contribution in [1.82, 2.24) is 24.7 Å². The van der Waals surface area contributed by atoms with Crippen LogP contribution in [0.2, 0.25) is 5.02 Å². The van der Waals surface area contributed by atoms with Crippen LogP contribution in [-0.2, 0) is 20.9 Å². The minimum atomic E-state index is -1.04. The van der Waals surface area contributed by atoms with Crippen molar-refractivity contribution < 1.29 is 34.0 Å². The van der Waals surface area contributed by atoms with Gasteiger partial charge in [0, 0.05) is 41.4 Å². The van der Waals surface area contributed by atoms with Gasteiger partial charge in [-0.05, 0) is 77.8 Å². The number of nitrogens with one attached hydrogen (secondary N) is 1. The van der Waals surface area contributed by atoms with Crippen LogP contribution < -0.4 is 15.0 Å². The lowest BCUT2D eigenvalue weighted by molar-refractivity contribution is -0.139. The molecule has 2 aliphatic heterocycles. The van der Waals surface area contributed by atoms with Crippen molar-refractivity contribution in [1.29, 1.82) is 0 Å². The number of aliphatic hydroxyl groups is 1. The van der Waals surface area contributed by atoms with Crippen molar-refractivity contribution in [3.63, 3.8) is 0 Å². The molecule has 1 aromatic carbocycles. The molecule has 2 fully saturated rings. The zero-order chi connectivity index (χ0) is 35.8. The Morgan fingerprint density at radius 3 is 2.52 bits per heavy atom. The minimum Gasteiger partial charge on any atom is -0.482 e. The number of halogens is 1. The number of aliphatic hydroxyl groups excluding tert-OH is 1. The highest BCUT2D eigenvalue weighted by atomic mass is 35.5. The molecule has 266 valence electrons. The monoisotopic (exact) mass is 724 g/mol. The molecule has 1 amide bonds. The first-order valence-electron chi connectivity index (χ1n) is 16.4. The largest absolute Gasteiger partial charge is 0.482 e. The van der Waals surface area contributed by atoms with Crippen LogP contribution in [0.25, 0.3) is 16.9 Å². The molecule has 6 rings (SSSR count). The summed E-state index contributed by atoms with van der Waals surface area (Å²) in [6.45, 7) is 10.6. The maximum atomic E-state index is 12.7. The first-order valence-corrected chi connectivity index (χ1v) is 17.6. The number of piperidine rings is 1. The molecular weight excluding hydrogens is 684 g/mol. The fraction of sp³-hybridized carbons (Fsp3) is 0.457. The number of alkyl carbamates (subject to hydrolysis) is 1. The van der Waals surface area contributed by atoms with Crippen molar-refractivity contribution in [2.75, 3.05) is 31.2 Å². The Hall–Kier alpha value is -4.11. The van der Waals surface area contributed by atoms with E-state index in [1.54, 1.807) is 12.1 Å². The third-order valence-corrected chi connectivity index (χ3v) is 10.6. The number of aryl methyl sites for hydroxylation is 1. The van der Waals surface area contributed by atoms with Crippen molar-refractivity contribution in [3.8, 4) is 17.0 Å². The van der Waals surface area contributed by atoms with Gasteiger partial charge in [-0.3, -0.25) is 0 Å². The molecule has 13 nitrogen and oxygen atoms in total. The Morgan fingerprint density at radius 2 is 1.86 bits per heavy atom. The highest BCUT2D eigenvalue weighted by Gasteiger charge is 2.50. The van der Waals surface area contributed by atoms with Gasteiger partial charge in [-0.25, -0.2) is 24.5 Å². The minimum absolute atomic E-state index is 0.140. The van der Waals surface area contributed by atoms with Crippen molar-refractivity contribution in [3.05, 3.63) is 59.1 Å². The van der Waals surface area contributed by atoms with Crippen LogP contribution in [0.5, 0.6) is 5.75 Å². The molecule has 3 N–H and O–H groups in total. The fourth-order valence-electron chi connectivity index (χ4n) is 6.48. The van der Waals surface area contributed by atoms with E-state index in [-0.39, 0.29) is 24.2 Å². The number of amides is 1. The van der Waals surface area contributed by atoms with Gasteiger partial charge in [-0.15, -0.1) is 0 Å². The molecule has 0 radical (unpaired) electrons. The molecule has 0 aliphatic carbocycles. The number of nitrogens with zero attached hydrogens (tertiary/aromatic N) is 5. The SMILES string of the molecule is Cc1nc(N2CCC3(CC2)CO[C@@H](C)[C@H]3NC(=O)OC(C)(C)C)c(CO)nc1Sc1ccn2cc(-c3ccc(OCC(=O)O)cc3)nc2c1Cl. The lowest BCUT2D eigenvalue weighted by Crippen LogP contribution is -2.55. The highest BCUT2D eigenvalue weighted by molar-refractivity contribution is 7.99. The second-order valence-corrected chi connectivity index (χ2v) is 15.1. The summed E-state index contributed by atoms with van der Waals surface area (Å²) in [7, 11) is 0. The summed E-state index contributed by atoms with van der Waals surface area (Å²) >= 11 is 8.24. The number of hydrogen-bond donors (Lipinski definition) is 3. The Balaban J connectivity index is 1.16. The number of hydrogen-bond acceptors (Lipinski definition) is 11. The van der Waals surface area contributed by atoms with E-state index in [0.717, 1.165) is 23.3 Å². The second kappa shape index (κ2) is 14.3. The van der Waals surface area contributed by atoms with Crippen molar-refractivity contribution in [2.24, 2.45) is 5.41 Å². The van der Waals surface area contributed by atoms with Gasteiger partial charge in [0.15, 0.2) is 18.1 Å². The number of carboxylic acids is 1. The van der Waals surface area contributed by atoms with Crippen LogP contribution >= 0.6 is 23.4 Å². The Morgan fingerprint density at radius 1 is 1.14 bits per heavy atom. The number of carbonyl (C=O) groups excluding carboxylic acids is 1. The number of carbonyl (C=O) groups is 2. The summed E-state index contributed by atoms with van der Waals surface area (Å²) in [6, 6.07) is 8.72. The zero-order valence-corrected chi connectivity index (χ0v) is 30.2. The van der Waals surface area contributed by atoms with E-state index in [1.807, 2.05) is 69.6 Å². The van der Waals surface area contributed by atoms with Gasteiger partial charge < -0.3 is 39.0 Å². The number of carboxylic acid groups (broad SMARTS) is 1. The number of fused-ring (bicyclic) bond motifs is 1. The maximum Gasteiger partial charge on any atom is 0.407 e. The van der Waals surface area contributed by atoms with Crippen LogP contribution in [0.1, 0.15) is 51.9 Å². The molecule has 5 heterocycles. The van der Waals surface area contributed by atoms with Gasteiger partial charge in [-0.1, -0.05) is 23.4 Å². The molecular formula is C35H41ClN6O7S. The van der Waals surface area contributed by atoms with Crippen LogP contribution in [0.4, 0.5) is 10.6 Å². The number of rotatable bonds is 9. The molecule has 2 saturated heterocycles. The number of aromatic nitrogens is 4. The van der Waals surface area contributed by atoms with Gasteiger partial charge >= 0.3 is 12.1 Å². The molecule has 4 aromatic rings. The molecule has 50 heavy (non-hydrogen) atoms. The van der Waals surface area contributed by atoms with E-state index < -0.39 is 24.3 Å². The second-order valence-electron chi connectivity index (χ2n) is 13.7. The number of aliphatic carboxylic acids is 1. The average Bonchev–Trinajstić information content (AvgIpc) is 3.64. The van der Waals surface area contributed by atoms with E-state index in [1.165, 1.54) is 11.8 Å². The Labute approximate surface area is 299 Å². The van der Waals surface area contributed by atoms with Gasteiger partial charge in [0.1, 0.15) is 22.1 Å². The van der Waals surface area contributed by atoms with Crippen LogP contribution in [0.15, 0.2) is 52.6 Å². The maximum absolute atomic E-state index is 12.7. The predicted octanol–water partition coefficient (Wildman–Crippen LogP) is 5.76. The van der Waals surface area contributed by atoms with Crippen molar-refractivity contribution >= 4 is 46.9 Å². The number of pyridine rings is 1. The number of benzene rings is 1. The van der Waals surface area contributed by atoms with Gasteiger partial charge in [0.25, 0.3) is 0 Å². The van der Waals surface area contributed by atoms with E-state index >= 15 is 0 Å². The Bertz CT molecular complexity index is 1890. The zero-order valence-electron chi connectivity index (χ0n) is 28.6. The molecule has 0 unspecified atom stereocenters. The van der Waals surface area contributed by atoms with E-state index in [2.05, 4.69) is 10.2 Å². The molecule has 2 atom stereocenters. The molecule has 1 spiro atoms. The summed E-state index contributed by atoms with van der Waals surface area (Å²) in [5.41, 5.74) is 2.43. The van der Waals surface area contributed by atoms with E-state index in [9.17, 15) is 14.7 Å². The summed E-state index contributed by atoms with van der Waals surface area (Å²) in [5, 5.41) is 23.4. The molecule has 2 aliphatic rings. The molecule has 0 saturated carbocycles. The number of ether oxygens (including phenoxy) is 3. The fourth-order valence-corrected chi connectivity index (χ4v) is 7.66. The lowest BCUT2D eigenvalue weighted by atomic mass is 9.73. The lowest BCUT2D eigenvalue weighted by Gasteiger charge is -2.43. The van der Waals surface area contributed by atoms with Crippen LogP contribution in [0, 0.1) is 12.3 Å². The Kier molecular flexibility index (Phi) is 10.2. The summed E-state index contributed by atoms with van der Waals surface area (Å²) < 4.78 is 18.7. The topological polar surface area (TPSA) is 161 Å². The standard InChI is InChI=1S/C35H41ClN6O7S/c1-20-32(50-26-10-13-42-16-24(38-31(42)28(26)36)22-6-8-23(9-7-22)47-18-27(44)45)39-25(17-43)30(37-20)41-14-11-35(12-15-41)19-48-21(2)29(35)40-33(46)49-34(3,4)5/h6-10,13,16,21,29,43H,11-12,14-15,17-19H2,1-5H3,(H,40,46)(H,44,45)/t21-,29+/m0/s1. The number of imidazole rings is 1. The van der Waals surface area contributed by atoms with E-state index in [4.69, 9.17) is 45.9 Å². The molecule has 3 aromatic heterocycles.